The Labute approximate surface area is 125 Å². The normalized spacial score (nSPS) is 16.6. The Balaban J connectivity index is 2.37. The number of hydrogen-bond donors (Lipinski definition) is 2. The number of nitrogens with one attached hydrogen (secondary N) is 1. The van der Waals surface area contributed by atoms with Gasteiger partial charge >= 0.3 is 0 Å². The van der Waals surface area contributed by atoms with Crippen molar-refractivity contribution in [1.29, 1.82) is 5.41 Å². The van der Waals surface area contributed by atoms with E-state index >= 15 is 0 Å². The molecule has 2 rings (SSSR count). The van der Waals surface area contributed by atoms with E-state index in [0.717, 1.165) is 5.56 Å². The predicted molar refractivity (Wildman–Crippen MR) is 88.7 cm³/mol. The molecule has 0 fully saturated rings. The summed E-state index contributed by atoms with van der Waals surface area (Å²) in [7, 11) is 1.77. The first-order valence-corrected chi connectivity index (χ1v) is 6.88. The zero-order valence-electron chi connectivity index (χ0n) is 12.9. The van der Waals surface area contributed by atoms with E-state index in [0.29, 0.717) is 17.1 Å². The first kappa shape index (κ1) is 15.0. The highest BCUT2D eigenvalue weighted by Crippen LogP contribution is 2.32. The van der Waals surface area contributed by atoms with Gasteiger partial charge in [-0.15, -0.1) is 0 Å². The highest BCUT2D eigenvalue weighted by atomic mass is 16.3. The minimum atomic E-state index is -0.00335. The summed E-state index contributed by atoms with van der Waals surface area (Å²) in [6, 6.07) is 5.55. The van der Waals surface area contributed by atoms with Crippen molar-refractivity contribution in [3.8, 4) is 5.75 Å². The Bertz CT molecular complexity index is 648. The van der Waals surface area contributed by atoms with Crippen molar-refractivity contribution < 1.29 is 5.11 Å². The number of aromatic hydroxyl groups is 1. The molecule has 110 valence electrons. The van der Waals surface area contributed by atoms with Gasteiger partial charge in [-0.2, -0.15) is 5.10 Å². The highest BCUT2D eigenvalue weighted by Gasteiger charge is 2.17. The Morgan fingerprint density at radius 2 is 1.81 bits per heavy atom. The van der Waals surface area contributed by atoms with Crippen LogP contribution in [-0.4, -0.2) is 23.6 Å². The second kappa shape index (κ2) is 5.56. The average Bonchev–Trinajstić information content (AvgIpc) is 2.40. The number of anilines is 1. The first-order valence-electron chi connectivity index (χ1n) is 6.88. The zero-order valence-corrected chi connectivity index (χ0v) is 12.9. The third-order valence-electron chi connectivity index (χ3n) is 3.35. The topological polar surface area (TPSA) is 59.7 Å². The monoisotopic (exact) mass is 283 g/mol. The van der Waals surface area contributed by atoms with Crippen LogP contribution in [-0.2, 0) is 5.41 Å². The third-order valence-corrected chi connectivity index (χ3v) is 3.35. The molecule has 4 nitrogen and oxygen atoms in total. The highest BCUT2D eigenvalue weighted by molar-refractivity contribution is 6.50. The van der Waals surface area contributed by atoms with Crippen molar-refractivity contribution in [3.05, 3.63) is 48.1 Å². The molecule has 0 saturated heterocycles. The maximum absolute atomic E-state index is 10.1. The van der Waals surface area contributed by atoms with E-state index in [2.05, 4.69) is 25.9 Å². The predicted octanol–water partition coefficient (Wildman–Crippen LogP) is 3.63. The summed E-state index contributed by atoms with van der Waals surface area (Å²) >= 11 is 0. The molecule has 0 radical (unpaired) electrons. The number of hydrogen-bond acceptors (Lipinski definition) is 4. The molecule has 0 spiro atoms. The summed E-state index contributed by atoms with van der Waals surface area (Å²) in [5.41, 5.74) is 2.68. The summed E-state index contributed by atoms with van der Waals surface area (Å²) in [4.78, 5) is 0. The van der Waals surface area contributed by atoms with Crippen LogP contribution in [0.2, 0.25) is 0 Å². The average molecular weight is 283 g/mol. The smallest absolute Gasteiger partial charge is 0.140 e. The van der Waals surface area contributed by atoms with Gasteiger partial charge in [0, 0.05) is 7.05 Å². The lowest BCUT2D eigenvalue weighted by Gasteiger charge is -2.23. The van der Waals surface area contributed by atoms with Crippen LogP contribution in [0.1, 0.15) is 26.3 Å². The van der Waals surface area contributed by atoms with Crippen molar-refractivity contribution in [2.45, 2.75) is 26.2 Å². The lowest BCUT2D eigenvalue weighted by atomic mass is 9.87. The van der Waals surface area contributed by atoms with Crippen LogP contribution in [0, 0.1) is 5.41 Å². The maximum atomic E-state index is 10.1. The molecule has 0 amide bonds. The van der Waals surface area contributed by atoms with Crippen LogP contribution in [0.5, 0.6) is 5.75 Å². The minimum Gasteiger partial charge on any atom is -0.506 e. The van der Waals surface area contributed by atoms with Gasteiger partial charge in [-0.3, -0.25) is 10.4 Å². The molecule has 4 heteroatoms. The number of allylic oxidation sites excluding steroid dienone is 4. The molecule has 21 heavy (non-hydrogen) atoms. The van der Waals surface area contributed by atoms with Crippen LogP contribution in [0.3, 0.4) is 0 Å². The molecule has 0 aromatic heterocycles. The molecule has 0 bridgehead atoms. The Kier molecular flexibility index (Phi) is 3.98. The third kappa shape index (κ3) is 3.40. The Morgan fingerprint density at radius 1 is 1.14 bits per heavy atom. The number of hydrazone groups is 1. The van der Waals surface area contributed by atoms with Crippen LogP contribution >= 0.6 is 0 Å². The van der Waals surface area contributed by atoms with Crippen LogP contribution in [0.25, 0.3) is 0 Å². The second-order valence-corrected chi connectivity index (χ2v) is 6.09. The van der Waals surface area contributed by atoms with Gasteiger partial charge in [-0.25, -0.2) is 0 Å². The first-order chi connectivity index (χ1) is 9.79. The van der Waals surface area contributed by atoms with Crippen molar-refractivity contribution in [1.82, 2.24) is 0 Å². The fourth-order valence-electron chi connectivity index (χ4n) is 2.03. The van der Waals surface area contributed by atoms with Crippen LogP contribution < -0.4 is 5.01 Å². The van der Waals surface area contributed by atoms with Crippen LogP contribution in [0.4, 0.5) is 5.69 Å². The molecule has 0 saturated carbocycles. The molecular formula is C17H21N3O. The molecule has 1 aromatic carbocycles. The van der Waals surface area contributed by atoms with E-state index in [1.165, 1.54) is 0 Å². The van der Waals surface area contributed by atoms with E-state index < -0.39 is 0 Å². The molecule has 0 aliphatic heterocycles. The number of phenolic OH excluding ortho intramolecular Hbond substituents is 1. The molecular weight excluding hydrogens is 262 g/mol. The van der Waals surface area contributed by atoms with Gasteiger partial charge in [-0.05, 0) is 35.3 Å². The fourth-order valence-corrected chi connectivity index (χ4v) is 2.03. The molecule has 2 N–H and O–H groups in total. The fraction of sp³-hybridized carbons (Fsp3) is 0.294. The van der Waals surface area contributed by atoms with Crippen molar-refractivity contribution in [2.75, 3.05) is 12.1 Å². The van der Waals surface area contributed by atoms with Gasteiger partial charge in [0.25, 0.3) is 0 Å². The molecule has 0 heterocycles. The van der Waals surface area contributed by atoms with Gasteiger partial charge < -0.3 is 5.11 Å². The maximum Gasteiger partial charge on any atom is 0.140 e. The SMILES string of the molecule is CN(/N=C1/C=CC=CC1=N)c1cc(C(C)(C)C)ccc1O. The van der Waals surface area contributed by atoms with Gasteiger partial charge in [0.15, 0.2) is 0 Å². The summed E-state index contributed by atoms with van der Waals surface area (Å²) in [6.07, 6.45) is 7.12. The molecule has 0 unspecified atom stereocenters. The van der Waals surface area contributed by atoms with E-state index in [-0.39, 0.29) is 11.2 Å². The molecule has 1 aromatic rings. The largest absolute Gasteiger partial charge is 0.506 e. The number of rotatable bonds is 2. The van der Waals surface area contributed by atoms with E-state index in [9.17, 15) is 5.11 Å². The summed E-state index contributed by atoms with van der Waals surface area (Å²) in [5.74, 6) is 0.178. The van der Waals surface area contributed by atoms with Gasteiger partial charge in [0.1, 0.15) is 17.1 Å². The lowest BCUT2D eigenvalue weighted by Crippen LogP contribution is -2.19. The van der Waals surface area contributed by atoms with E-state index in [4.69, 9.17) is 5.41 Å². The summed E-state index contributed by atoms with van der Waals surface area (Å²) in [5, 5.41) is 23.9. The Morgan fingerprint density at radius 3 is 2.43 bits per heavy atom. The summed E-state index contributed by atoms with van der Waals surface area (Å²) in [6.45, 7) is 6.37. The number of nitrogens with zero attached hydrogens (tertiary/aromatic N) is 2. The quantitative estimate of drug-likeness (QED) is 0.643. The number of benzene rings is 1. The van der Waals surface area contributed by atoms with E-state index in [1.807, 2.05) is 18.2 Å². The van der Waals surface area contributed by atoms with Crippen molar-refractivity contribution in [2.24, 2.45) is 5.10 Å². The molecule has 1 aliphatic rings. The summed E-state index contributed by atoms with van der Waals surface area (Å²) < 4.78 is 0. The minimum absolute atomic E-state index is 0.00335. The van der Waals surface area contributed by atoms with Gasteiger partial charge in [0.05, 0.1) is 5.71 Å². The van der Waals surface area contributed by atoms with Gasteiger partial charge in [-0.1, -0.05) is 39.0 Å². The van der Waals surface area contributed by atoms with Crippen molar-refractivity contribution in [3.63, 3.8) is 0 Å². The Hall–Kier alpha value is -2.36. The zero-order chi connectivity index (χ0) is 15.6. The van der Waals surface area contributed by atoms with Crippen molar-refractivity contribution >= 4 is 17.1 Å². The number of phenols is 1. The second-order valence-electron chi connectivity index (χ2n) is 6.09. The lowest BCUT2D eigenvalue weighted by molar-refractivity contribution is 0.474. The van der Waals surface area contributed by atoms with Gasteiger partial charge in [0.2, 0.25) is 0 Å². The van der Waals surface area contributed by atoms with E-state index in [1.54, 1.807) is 36.4 Å². The standard InChI is InChI=1S/C17H21N3O/c1-17(2,3)12-9-10-16(21)15(11-12)20(4)19-14-8-6-5-7-13(14)18/h5-11,18,21H,1-4H3/b18-13?,19-14-. The molecule has 0 atom stereocenters. The molecule has 1 aliphatic carbocycles. The van der Waals surface area contributed by atoms with Crippen LogP contribution in [0.15, 0.2) is 47.6 Å².